The van der Waals surface area contributed by atoms with E-state index >= 15 is 0 Å². The van der Waals surface area contributed by atoms with E-state index in [1.165, 1.54) is 17.4 Å². The average Bonchev–Trinajstić information content (AvgIpc) is 3.32. The fraction of sp³-hybridized carbons (Fsp3) is 0.259. The fourth-order valence-corrected chi connectivity index (χ4v) is 5.46. The Kier molecular flexibility index (Phi) is 6.83. The molecule has 0 aliphatic carbocycles. The van der Waals surface area contributed by atoms with Crippen molar-refractivity contribution in [3.05, 3.63) is 95.8 Å². The summed E-state index contributed by atoms with van der Waals surface area (Å²) in [6.07, 6.45) is 0. The fourth-order valence-electron chi connectivity index (χ4n) is 4.43. The van der Waals surface area contributed by atoms with Gasteiger partial charge < -0.3 is 10.2 Å². The molecule has 174 valence electrons. The highest BCUT2D eigenvalue weighted by Gasteiger charge is 2.23. The number of amides is 1. The zero-order valence-electron chi connectivity index (χ0n) is 18.9. The topological polar surface area (TPSA) is 48.5 Å². The molecule has 0 atom stereocenters. The average molecular weight is 475 g/mol. The van der Waals surface area contributed by atoms with Crippen molar-refractivity contribution in [2.75, 3.05) is 44.2 Å². The van der Waals surface area contributed by atoms with Crippen LogP contribution in [0.1, 0.15) is 17.0 Å². The lowest BCUT2D eigenvalue weighted by atomic mass is 9.90. The number of benzene rings is 3. The van der Waals surface area contributed by atoms with Crippen LogP contribution in [0.3, 0.4) is 0 Å². The van der Waals surface area contributed by atoms with Gasteiger partial charge in [0.15, 0.2) is 5.13 Å². The van der Waals surface area contributed by atoms with Crippen LogP contribution < -0.4 is 10.2 Å². The van der Waals surface area contributed by atoms with Gasteiger partial charge in [-0.2, -0.15) is 0 Å². The van der Waals surface area contributed by atoms with Gasteiger partial charge >= 0.3 is 0 Å². The third-order valence-electron chi connectivity index (χ3n) is 6.26. The molecule has 1 aliphatic rings. The summed E-state index contributed by atoms with van der Waals surface area (Å²) in [7, 11) is 0. The number of aromatic nitrogens is 1. The summed E-state index contributed by atoms with van der Waals surface area (Å²) in [5.74, 6) is -0.565. The number of nitrogens with one attached hydrogen (secondary N) is 1. The van der Waals surface area contributed by atoms with Crippen LogP contribution in [0.5, 0.6) is 0 Å². The van der Waals surface area contributed by atoms with Crippen molar-refractivity contribution in [1.29, 1.82) is 0 Å². The van der Waals surface area contributed by atoms with Gasteiger partial charge in [0.05, 0.1) is 10.6 Å². The Balaban J connectivity index is 1.15. The molecule has 0 spiro atoms. The van der Waals surface area contributed by atoms with Gasteiger partial charge in [0.2, 0.25) is 5.91 Å². The van der Waals surface area contributed by atoms with E-state index in [-0.39, 0.29) is 17.6 Å². The van der Waals surface area contributed by atoms with E-state index in [0.717, 1.165) is 53.7 Å². The molecule has 0 saturated carbocycles. The van der Waals surface area contributed by atoms with Crippen LogP contribution in [0.25, 0.3) is 10.2 Å². The monoisotopic (exact) mass is 474 g/mol. The normalized spacial score (nSPS) is 14.6. The number of piperazine rings is 1. The predicted octanol–water partition coefficient (Wildman–Crippen LogP) is 4.51. The Labute approximate surface area is 202 Å². The standard InChI is InChI=1S/C27H27FN4OS/c28-22-12-7-13-23-25(22)30-27(34-23)32-18-16-31(17-19-32)15-14-29-26(33)24(20-8-3-1-4-9-20)21-10-5-2-6-11-21/h1-13,24H,14-19H2,(H,29,33). The number of halogens is 1. The van der Waals surface area contributed by atoms with E-state index in [9.17, 15) is 9.18 Å². The number of carbonyl (C=O) groups is 1. The van der Waals surface area contributed by atoms with Gasteiger partial charge in [-0.1, -0.05) is 78.1 Å². The van der Waals surface area contributed by atoms with Gasteiger partial charge in [-0.3, -0.25) is 9.69 Å². The molecule has 5 rings (SSSR count). The molecular formula is C27H27FN4OS. The van der Waals surface area contributed by atoms with E-state index in [2.05, 4.69) is 20.1 Å². The quantitative estimate of drug-likeness (QED) is 0.428. The summed E-state index contributed by atoms with van der Waals surface area (Å²) in [4.78, 5) is 22.3. The first-order valence-corrected chi connectivity index (χ1v) is 12.4. The number of thiazole rings is 1. The van der Waals surface area contributed by atoms with E-state index < -0.39 is 0 Å². The Bertz CT molecular complexity index is 1200. The number of hydrogen-bond donors (Lipinski definition) is 1. The Morgan fingerprint density at radius 1 is 0.912 bits per heavy atom. The van der Waals surface area contributed by atoms with E-state index in [4.69, 9.17) is 0 Å². The van der Waals surface area contributed by atoms with Crippen LogP contribution in [0.4, 0.5) is 9.52 Å². The van der Waals surface area contributed by atoms with Crippen molar-refractivity contribution < 1.29 is 9.18 Å². The first kappa shape index (κ1) is 22.5. The first-order valence-electron chi connectivity index (χ1n) is 11.6. The first-order chi connectivity index (χ1) is 16.7. The molecule has 7 heteroatoms. The highest BCUT2D eigenvalue weighted by atomic mass is 32.1. The molecular weight excluding hydrogens is 447 g/mol. The van der Waals surface area contributed by atoms with Crippen LogP contribution in [0, 0.1) is 5.82 Å². The molecule has 1 aliphatic heterocycles. The van der Waals surface area contributed by atoms with E-state index in [1.807, 2.05) is 66.7 Å². The lowest BCUT2D eigenvalue weighted by Gasteiger charge is -2.34. The molecule has 2 heterocycles. The number of para-hydroxylation sites is 1. The second-order valence-electron chi connectivity index (χ2n) is 8.46. The third-order valence-corrected chi connectivity index (χ3v) is 7.34. The van der Waals surface area contributed by atoms with Crippen molar-refractivity contribution in [3.8, 4) is 0 Å². The van der Waals surface area contributed by atoms with Crippen LogP contribution in [-0.2, 0) is 4.79 Å². The largest absolute Gasteiger partial charge is 0.354 e. The lowest BCUT2D eigenvalue weighted by molar-refractivity contribution is -0.121. The van der Waals surface area contributed by atoms with Crippen molar-refractivity contribution >= 4 is 32.6 Å². The van der Waals surface area contributed by atoms with E-state index in [1.54, 1.807) is 6.07 Å². The van der Waals surface area contributed by atoms with Gasteiger partial charge in [-0.05, 0) is 23.3 Å². The molecule has 34 heavy (non-hydrogen) atoms. The molecule has 1 aromatic heterocycles. The summed E-state index contributed by atoms with van der Waals surface area (Å²) in [5, 5.41) is 4.02. The summed E-state index contributed by atoms with van der Waals surface area (Å²) < 4.78 is 14.9. The van der Waals surface area contributed by atoms with E-state index in [0.29, 0.717) is 12.1 Å². The van der Waals surface area contributed by atoms with Crippen LogP contribution in [0.2, 0.25) is 0 Å². The van der Waals surface area contributed by atoms with Crippen molar-refractivity contribution in [2.24, 2.45) is 0 Å². The zero-order valence-corrected chi connectivity index (χ0v) is 19.7. The molecule has 0 unspecified atom stereocenters. The molecule has 1 saturated heterocycles. The summed E-state index contributed by atoms with van der Waals surface area (Å²) >= 11 is 1.54. The van der Waals surface area contributed by atoms with Gasteiger partial charge in [0.25, 0.3) is 0 Å². The van der Waals surface area contributed by atoms with Gasteiger partial charge in [0.1, 0.15) is 11.3 Å². The summed E-state index contributed by atoms with van der Waals surface area (Å²) in [6.45, 7) is 4.84. The highest BCUT2D eigenvalue weighted by molar-refractivity contribution is 7.22. The molecule has 1 fully saturated rings. The van der Waals surface area contributed by atoms with Gasteiger partial charge in [-0.25, -0.2) is 9.37 Å². The molecule has 3 aromatic carbocycles. The Hall–Kier alpha value is -3.29. The number of rotatable bonds is 7. The highest BCUT2D eigenvalue weighted by Crippen LogP contribution is 2.30. The second-order valence-corrected chi connectivity index (χ2v) is 9.47. The van der Waals surface area contributed by atoms with Crippen molar-refractivity contribution in [2.45, 2.75) is 5.92 Å². The minimum absolute atomic E-state index is 0.0209. The Morgan fingerprint density at radius 2 is 1.56 bits per heavy atom. The maximum Gasteiger partial charge on any atom is 0.232 e. The number of nitrogens with zero attached hydrogens (tertiary/aromatic N) is 3. The maximum atomic E-state index is 14.0. The second kappa shape index (κ2) is 10.3. The van der Waals surface area contributed by atoms with Crippen LogP contribution in [-0.4, -0.2) is 55.1 Å². The number of hydrogen-bond acceptors (Lipinski definition) is 5. The molecule has 0 radical (unpaired) electrons. The van der Waals surface area contributed by atoms with Crippen molar-refractivity contribution in [1.82, 2.24) is 15.2 Å². The lowest BCUT2D eigenvalue weighted by Crippen LogP contribution is -2.48. The number of carbonyl (C=O) groups excluding carboxylic acids is 1. The minimum Gasteiger partial charge on any atom is -0.354 e. The molecule has 1 amide bonds. The molecule has 5 nitrogen and oxygen atoms in total. The van der Waals surface area contributed by atoms with Crippen LogP contribution >= 0.6 is 11.3 Å². The minimum atomic E-state index is -0.321. The van der Waals surface area contributed by atoms with Gasteiger partial charge in [0, 0.05) is 39.3 Å². The van der Waals surface area contributed by atoms with Gasteiger partial charge in [-0.15, -0.1) is 0 Å². The zero-order chi connectivity index (χ0) is 23.3. The predicted molar refractivity (Wildman–Crippen MR) is 136 cm³/mol. The van der Waals surface area contributed by atoms with Crippen LogP contribution in [0.15, 0.2) is 78.9 Å². The number of anilines is 1. The summed E-state index contributed by atoms with van der Waals surface area (Å²) in [5.41, 5.74) is 2.44. The molecule has 4 aromatic rings. The Morgan fingerprint density at radius 3 is 2.18 bits per heavy atom. The summed E-state index contributed by atoms with van der Waals surface area (Å²) in [6, 6.07) is 24.9. The maximum absolute atomic E-state index is 14.0. The molecule has 1 N–H and O–H groups in total. The number of fused-ring (bicyclic) bond motifs is 1. The third kappa shape index (κ3) is 4.95. The van der Waals surface area contributed by atoms with Crippen molar-refractivity contribution in [3.63, 3.8) is 0 Å². The SMILES string of the molecule is O=C(NCCN1CCN(c2nc3c(F)cccc3s2)CC1)C(c1ccccc1)c1ccccc1. The molecule has 0 bridgehead atoms. The smallest absolute Gasteiger partial charge is 0.232 e.